The second-order valence-electron chi connectivity index (χ2n) is 18.8. The van der Waals surface area contributed by atoms with Crippen LogP contribution in [-0.2, 0) is 20.2 Å². The van der Waals surface area contributed by atoms with Crippen LogP contribution in [0, 0.1) is 23.7 Å². The average Bonchev–Trinajstić information content (AvgIpc) is 3.21. The molecule has 2 saturated carbocycles. The molecule has 0 aliphatic heterocycles. The fourth-order valence-corrected chi connectivity index (χ4v) is 19.6. The highest BCUT2D eigenvalue weighted by molar-refractivity contribution is 7.00. The molecule has 0 saturated heterocycles. The molecule has 0 heterocycles. The summed E-state index contributed by atoms with van der Waals surface area (Å²) in [6.07, 6.45) is 3.04. The number of benzene rings is 5. The zero-order valence-corrected chi connectivity index (χ0v) is 37.0. The zero-order valence-electron chi connectivity index (χ0n) is 35.0. The lowest BCUT2D eigenvalue weighted by Crippen LogP contribution is -2.67. The highest BCUT2D eigenvalue weighted by atomic mass is 28.4. The molecule has 6 heteroatoms. The van der Waals surface area contributed by atoms with Crippen molar-refractivity contribution < 1.29 is 18.7 Å². The minimum atomic E-state index is -2.77. The van der Waals surface area contributed by atoms with E-state index in [0.717, 1.165) is 31.2 Å². The second kappa shape index (κ2) is 17.7. The average molecular weight is 797 g/mol. The predicted octanol–water partition coefficient (Wildman–Crippen LogP) is 9.14. The molecule has 300 valence electrons. The van der Waals surface area contributed by atoms with Crippen LogP contribution >= 0.6 is 0 Å². The van der Waals surface area contributed by atoms with E-state index in [2.05, 4.69) is 187 Å². The van der Waals surface area contributed by atoms with E-state index in [1.54, 1.807) is 0 Å². The summed E-state index contributed by atoms with van der Waals surface area (Å²) in [5.41, 5.74) is 1.15. The number of rotatable bonds is 13. The van der Waals surface area contributed by atoms with Crippen molar-refractivity contribution in [1.29, 1.82) is 0 Å². The molecule has 0 bridgehead atoms. The topological polar surface area (TPSA) is 47.9 Å². The molecule has 5 aromatic rings. The van der Waals surface area contributed by atoms with E-state index in [-0.39, 0.29) is 28.0 Å². The van der Waals surface area contributed by atoms with E-state index in [4.69, 9.17) is 13.6 Å². The van der Waals surface area contributed by atoms with Gasteiger partial charge in [0.25, 0.3) is 16.6 Å². The van der Waals surface area contributed by atoms with Gasteiger partial charge in [0.15, 0.2) is 0 Å². The quantitative estimate of drug-likeness (QED) is 0.121. The third-order valence-corrected chi connectivity index (χ3v) is 23.2. The minimum Gasteiger partial charge on any atom is -0.407 e. The van der Waals surface area contributed by atoms with Gasteiger partial charge in [0.05, 0.1) is 18.8 Å². The first kappa shape index (κ1) is 41.5. The fourth-order valence-electron chi connectivity index (χ4n) is 10.4. The van der Waals surface area contributed by atoms with Gasteiger partial charge in [0, 0.05) is 13.2 Å². The molecule has 57 heavy (non-hydrogen) atoms. The number of ether oxygens (including phenoxy) is 1. The van der Waals surface area contributed by atoms with Crippen molar-refractivity contribution in [3.05, 3.63) is 157 Å². The molecule has 2 fully saturated rings. The molecule has 0 aromatic heterocycles. The van der Waals surface area contributed by atoms with Gasteiger partial charge in [-0.15, -0.1) is 0 Å². The maximum atomic E-state index is 11.6. The second-order valence-corrected chi connectivity index (χ2v) is 27.4. The van der Waals surface area contributed by atoms with Crippen LogP contribution < -0.4 is 20.7 Å². The highest BCUT2D eigenvalue weighted by Crippen LogP contribution is 2.48. The first-order valence-electron chi connectivity index (χ1n) is 21.3. The number of aliphatic hydroxyl groups is 1. The van der Waals surface area contributed by atoms with Gasteiger partial charge in [-0.1, -0.05) is 193 Å². The smallest absolute Gasteiger partial charge is 0.261 e. The number of aliphatic hydroxyl groups excluding tert-OH is 1. The zero-order chi connectivity index (χ0) is 40.1. The van der Waals surface area contributed by atoms with Gasteiger partial charge >= 0.3 is 0 Å². The van der Waals surface area contributed by atoms with Crippen molar-refractivity contribution in [2.24, 2.45) is 23.7 Å². The van der Waals surface area contributed by atoms with Crippen LogP contribution in [0.3, 0.4) is 0 Å². The fraction of sp³-hybridized carbons (Fsp3) is 0.412. The SMILES string of the molecule is CC(C)(C)[Si](OC[C@H]1C[C@@H]2C[C@@H](OCc3ccccc3)[C@H](O)C[C@@H]2C[C@@H]1CO[Si](c1ccccc1)(c1ccccc1)C(C)(C)C)(c1ccccc1)c1ccccc1. The number of hydrogen-bond donors (Lipinski definition) is 1. The first-order chi connectivity index (χ1) is 27.4. The monoisotopic (exact) mass is 796 g/mol. The summed E-state index contributed by atoms with van der Waals surface area (Å²) in [4.78, 5) is 0. The van der Waals surface area contributed by atoms with Crippen LogP contribution in [0.25, 0.3) is 0 Å². The standard InChI is InChI=1S/C51H64O4Si2/c1-50(2,3)56(44-24-14-8-15-25-44,45-26-16-9-17-27-45)54-37-42-32-40-34-48(52)49(53-36-39-22-12-7-13-23-39)35-41(40)33-43(42)38-55-57(51(4,5)6,46-28-18-10-19-29-46)47-30-20-11-21-31-47/h7-31,40-43,48-49,52H,32-38H2,1-6H3/t40-,41+,42+,43+,48+,49+/m0/s1. The van der Waals surface area contributed by atoms with E-state index < -0.39 is 22.7 Å². The Labute approximate surface area is 344 Å². The number of hydrogen-bond acceptors (Lipinski definition) is 4. The van der Waals surface area contributed by atoms with Crippen LogP contribution in [0.5, 0.6) is 0 Å². The van der Waals surface area contributed by atoms with E-state index in [9.17, 15) is 5.11 Å². The summed E-state index contributed by atoms with van der Waals surface area (Å²) >= 11 is 0. The van der Waals surface area contributed by atoms with Crippen LogP contribution in [0.2, 0.25) is 10.1 Å². The summed E-state index contributed by atoms with van der Waals surface area (Å²) in [7, 11) is -5.54. The van der Waals surface area contributed by atoms with Gasteiger partial charge in [-0.2, -0.15) is 0 Å². The van der Waals surface area contributed by atoms with Crippen LogP contribution in [0.1, 0.15) is 72.8 Å². The van der Waals surface area contributed by atoms with Crippen molar-refractivity contribution >= 4 is 37.4 Å². The predicted molar refractivity (Wildman–Crippen MR) is 241 cm³/mol. The van der Waals surface area contributed by atoms with Crippen LogP contribution in [-0.4, -0.2) is 47.2 Å². The van der Waals surface area contributed by atoms with Crippen LogP contribution in [0.4, 0.5) is 0 Å². The van der Waals surface area contributed by atoms with Crippen molar-refractivity contribution in [3.8, 4) is 0 Å². The lowest BCUT2D eigenvalue weighted by Gasteiger charge is -2.50. The van der Waals surface area contributed by atoms with Crippen molar-refractivity contribution in [2.75, 3.05) is 13.2 Å². The summed E-state index contributed by atoms with van der Waals surface area (Å²) in [6.45, 7) is 16.1. The Morgan fingerprint density at radius 2 is 0.807 bits per heavy atom. The van der Waals surface area contributed by atoms with Gasteiger partial charge in [0.1, 0.15) is 0 Å². The van der Waals surface area contributed by atoms with Gasteiger partial charge in [0.2, 0.25) is 0 Å². The van der Waals surface area contributed by atoms with E-state index in [0.29, 0.717) is 31.7 Å². The normalized spacial score (nSPS) is 23.1. The lowest BCUT2D eigenvalue weighted by atomic mass is 9.62. The summed E-state index contributed by atoms with van der Waals surface area (Å²) < 4.78 is 22.0. The third kappa shape index (κ3) is 8.73. The molecule has 0 amide bonds. The van der Waals surface area contributed by atoms with Crippen molar-refractivity contribution in [2.45, 2.75) is 96.1 Å². The first-order valence-corrected chi connectivity index (χ1v) is 25.1. The molecule has 1 N–H and O–H groups in total. The lowest BCUT2D eigenvalue weighted by molar-refractivity contribution is -0.113. The van der Waals surface area contributed by atoms with Gasteiger partial charge < -0.3 is 18.7 Å². The van der Waals surface area contributed by atoms with E-state index >= 15 is 0 Å². The van der Waals surface area contributed by atoms with Gasteiger partial charge in [-0.25, -0.2) is 0 Å². The minimum absolute atomic E-state index is 0.112. The molecule has 0 radical (unpaired) electrons. The van der Waals surface area contributed by atoms with E-state index in [1.807, 2.05) is 6.07 Å². The van der Waals surface area contributed by atoms with Crippen LogP contribution in [0.15, 0.2) is 152 Å². The molecular weight excluding hydrogens is 733 g/mol. The van der Waals surface area contributed by atoms with Gasteiger partial charge in [-0.05, 0) is 85.7 Å². The Bertz CT molecular complexity index is 1880. The largest absolute Gasteiger partial charge is 0.407 e. The Kier molecular flexibility index (Phi) is 12.9. The molecule has 0 spiro atoms. The Morgan fingerprint density at radius 3 is 1.16 bits per heavy atom. The molecule has 5 aromatic carbocycles. The number of fused-ring (bicyclic) bond motifs is 1. The molecule has 6 atom stereocenters. The Morgan fingerprint density at radius 1 is 0.474 bits per heavy atom. The van der Waals surface area contributed by atoms with Crippen molar-refractivity contribution in [1.82, 2.24) is 0 Å². The molecule has 2 aliphatic rings. The molecule has 7 rings (SSSR count). The molecule has 4 nitrogen and oxygen atoms in total. The van der Waals surface area contributed by atoms with E-state index in [1.165, 1.54) is 20.7 Å². The van der Waals surface area contributed by atoms with Gasteiger partial charge in [-0.3, -0.25) is 0 Å². The molecule has 0 unspecified atom stereocenters. The summed E-state index contributed by atoms with van der Waals surface area (Å²) in [5, 5.41) is 16.6. The summed E-state index contributed by atoms with van der Waals surface area (Å²) in [5.74, 6) is 1.43. The Balaban J connectivity index is 1.24. The maximum Gasteiger partial charge on any atom is 0.261 e. The highest BCUT2D eigenvalue weighted by Gasteiger charge is 2.54. The summed E-state index contributed by atoms with van der Waals surface area (Å²) in [6, 6.07) is 54.5. The maximum absolute atomic E-state index is 11.6. The molecule has 2 aliphatic carbocycles. The Hall–Kier alpha value is -3.63. The molecular formula is C51H64O4Si2. The van der Waals surface area contributed by atoms with Crippen molar-refractivity contribution in [3.63, 3.8) is 0 Å². The third-order valence-electron chi connectivity index (χ3n) is 13.2.